The number of hydrogen-bond acceptors (Lipinski definition) is 0. The van der Waals surface area contributed by atoms with Crippen LogP contribution in [-0.2, 0) is 0 Å². The zero-order chi connectivity index (χ0) is 4.24. The molecule has 2 N–H and O–H groups in total. The highest BCUT2D eigenvalue weighted by Crippen LogP contribution is 1.71. The molecule has 0 unspecified atom stereocenters. The fourth-order valence-electron chi connectivity index (χ4n) is 0.457. The number of quaternary nitrogens is 1. The van der Waals surface area contributed by atoms with Gasteiger partial charge in [0.25, 0.3) is 0 Å². The molecule has 6 heavy (non-hydrogen) atoms. The first-order valence-electron chi connectivity index (χ1n) is 2.15. The molecule has 1 aliphatic rings. The summed E-state index contributed by atoms with van der Waals surface area (Å²) in [6.07, 6.45) is 8.27. The zero-order valence-electron chi connectivity index (χ0n) is 3.59. The standard InChI is InChI=1S/C5H7N/c1-2-4-6-5-3-1/h1-4,6H,5H2/p+1. The Morgan fingerprint density at radius 1 is 1.33 bits per heavy atom. The Balaban J connectivity index is 2.46. The summed E-state index contributed by atoms with van der Waals surface area (Å²) in [6, 6.07) is 0. The molecular formula is C5H8N+. The lowest BCUT2D eigenvalue weighted by Gasteiger charge is -1.88. The maximum atomic E-state index is 2.12. The Hall–Kier alpha value is -0.560. The van der Waals surface area contributed by atoms with Crippen molar-refractivity contribution in [2.45, 2.75) is 0 Å². The van der Waals surface area contributed by atoms with Gasteiger partial charge in [0.05, 0.1) is 12.7 Å². The van der Waals surface area contributed by atoms with Gasteiger partial charge in [0, 0.05) is 0 Å². The summed E-state index contributed by atoms with van der Waals surface area (Å²) < 4.78 is 0. The molecule has 0 saturated carbocycles. The van der Waals surface area contributed by atoms with Crippen molar-refractivity contribution >= 4 is 0 Å². The van der Waals surface area contributed by atoms with Crippen LogP contribution < -0.4 is 5.32 Å². The summed E-state index contributed by atoms with van der Waals surface area (Å²) in [5.41, 5.74) is 0. The van der Waals surface area contributed by atoms with Crippen molar-refractivity contribution in [2.24, 2.45) is 0 Å². The van der Waals surface area contributed by atoms with Gasteiger partial charge in [-0.1, -0.05) is 6.08 Å². The van der Waals surface area contributed by atoms with Crippen LogP contribution in [0.4, 0.5) is 0 Å². The predicted octanol–water partition coefficient (Wildman–Crippen LogP) is -0.367. The normalized spacial score (nSPS) is 18.7. The molecule has 0 spiro atoms. The van der Waals surface area contributed by atoms with E-state index in [0.29, 0.717) is 0 Å². The van der Waals surface area contributed by atoms with Crippen LogP contribution in [0.3, 0.4) is 0 Å². The van der Waals surface area contributed by atoms with Crippen molar-refractivity contribution in [3.8, 4) is 0 Å². The maximum absolute atomic E-state index is 2.12. The van der Waals surface area contributed by atoms with E-state index < -0.39 is 0 Å². The second kappa shape index (κ2) is 1.78. The van der Waals surface area contributed by atoms with E-state index >= 15 is 0 Å². The average molecular weight is 82.1 g/mol. The lowest BCUT2D eigenvalue weighted by molar-refractivity contribution is -0.578. The van der Waals surface area contributed by atoms with Gasteiger partial charge in [-0.2, -0.15) is 0 Å². The molecule has 1 nitrogen and oxygen atoms in total. The Bertz CT molecular complexity index is 69.9. The molecule has 0 aromatic carbocycles. The van der Waals surface area contributed by atoms with Crippen molar-refractivity contribution in [3.05, 3.63) is 24.4 Å². The fourth-order valence-corrected chi connectivity index (χ4v) is 0.457. The molecule has 1 heteroatoms. The Morgan fingerprint density at radius 2 is 2.33 bits per heavy atom. The van der Waals surface area contributed by atoms with E-state index in [2.05, 4.69) is 23.7 Å². The molecule has 1 aliphatic heterocycles. The van der Waals surface area contributed by atoms with Crippen LogP contribution in [0.2, 0.25) is 0 Å². The third-order valence-corrected chi connectivity index (χ3v) is 0.767. The average Bonchev–Trinajstić information content (AvgIpc) is 1.72. The van der Waals surface area contributed by atoms with Crippen molar-refractivity contribution in [3.63, 3.8) is 0 Å². The monoisotopic (exact) mass is 82.1 g/mol. The SMILES string of the molecule is C1=CC[NH2+]C=C1. The molecule has 0 aromatic rings. The molecule has 0 amide bonds. The minimum Gasteiger partial charge on any atom is -0.317 e. The molecule has 0 aliphatic carbocycles. The first-order valence-corrected chi connectivity index (χ1v) is 2.15. The Kier molecular flexibility index (Phi) is 1.07. The smallest absolute Gasteiger partial charge is 0.0987 e. The first-order chi connectivity index (χ1) is 3.00. The molecule has 0 aromatic heterocycles. The summed E-state index contributed by atoms with van der Waals surface area (Å²) in [6.45, 7) is 1.11. The van der Waals surface area contributed by atoms with Gasteiger partial charge < -0.3 is 5.32 Å². The minimum atomic E-state index is 1.11. The molecule has 1 rings (SSSR count). The molecule has 0 radical (unpaired) electrons. The van der Waals surface area contributed by atoms with Gasteiger partial charge in [-0.15, -0.1) is 0 Å². The van der Waals surface area contributed by atoms with Crippen LogP contribution in [0.25, 0.3) is 0 Å². The molecule has 1 heterocycles. The summed E-state index contributed by atoms with van der Waals surface area (Å²) in [5, 5.41) is 2.12. The van der Waals surface area contributed by atoms with Crippen LogP contribution in [-0.4, -0.2) is 6.54 Å². The van der Waals surface area contributed by atoms with Crippen LogP contribution in [0.1, 0.15) is 0 Å². The van der Waals surface area contributed by atoms with Gasteiger partial charge in [0.2, 0.25) is 0 Å². The van der Waals surface area contributed by atoms with E-state index in [1.165, 1.54) is 0 Å². The number of allylic oxidation sites excluding steroid dienone is 2. The zero-order valence-corrected chi connectivity index (χ0v) is 3.59. The third-order valence-electron chi connectivity index (χ3n) is 0.767. The van der Waals surface area contributed by atoms with Gasteiger partial charge in [0.1, 0.15) is 0 Å². The lowest BCUT2D eigenvalue weighted by atomic mass is 10.4. The second-order valence-electron chi connectivity index (χ2n) is 1.28. The van der Waals surface area contributed by atoms with E-state index in [4.69, 9.17) is 0 Å². The van der Waals surface area contributed by atoms with Crippen LogP contribution >= 0.6 is 0 Å². The van der Waals surface area contributed by atoms with E-state index in [9.17, 15) is 0 Å². The Labute approximate surface area is 37.4 Å². The van der Waals surface area contributed by atoms with E-state index in [-0.39, 0.29) is 0 Å². The molecule has 0 fully saturated rings. The number of nitrogens with two attached hydrogens (primary N) is 1. The molecule has 0 saturated heterocycles. The van der Waals surface area contributed by atoms with Crippen molar-refractivity contribution in [1.82, 2.24) is 0 Å². The van der Waals surface area contributed by atoms with E-state index in [0.717, 1.165) is 6.54 Å². The van der Waals surface area contributed by atoms with Crippen molar-refractivity contribution < 1.29 is 5.32 Å². The maximum Gasteiger partial charge on any atom is 0.0987 e. The summed E-state index contributed by atoms with van der Waals surface area (Å²) >= 11 is 0. The van der Waals surface area contributed by atoms with Crippen molar-refractivity contribution in [1.29, 1.82) is 0 Å². The largest absolute Gasteiger partial charge is 0.317 e. The van der Waals surface area contributed by atoms with Crippen LogP contribution in [0.5, 0.6) is 0 Å². The highest BCUT2D eigenvalue weighted by Gasteiger charge is 1.79. The van der Waals surface area contributed by atoms with E-state index in [1.54, 1.807) is 0 Å². The highest BCUT2D eigenvalue weighted by molar-refractivity contribution is 5.00. The van der Waals surface area contributed by atoms with Gasteiger partial charge in [-0.05, 0) is 12.2 Å². The van der Waals surface area contributed by atoms with Gasteiger partial charge in [0.15, 0.2) is 0 Å². The topological polar surface area (TPSA) is 16.6 Å². The van der Waals surface area contributed by atoms with Gasteiger partial charge in [-0.3, -0.25) is 0 Å². The molecule has 32 valence electrons. The number of hydrogen-bond donors (Lipinski definition) is 1. The minimum absolute atomic E-state index is 1.11. The van der Waals surface area contributed by atoms with Crippen molar-refractivity contribution in [2.75, 3.05) is 6.54 Å². The van der Waals surface area contributed by atoms with Crippen LogP contribution in [0.15, 0.2) is 24.4 Å². The lowest BCUT2D eigenvalue weighted by Crippen LogP contribution is -2.78. The summed E-state index contributed by atoms with van der Waals surface area (Å²) in [4.78, 5) is 0. The second-order valence-corrected chi connectivity index (χ2v) is 1.28. The first kappa shape index (κ1) is 3.62. The van der Waals surface area contributed by atoms with Gasteiger partial charge >= 0.3 is 0 Å². The number of rotatable bonds is 0. The molecular weight excluding hydrogens is 74.1 g/mol. The molecule has 0 bridgehead atoms. The molecule has 0 atom stereocenters. The third kappa shape index (κ3) is 0.692. The quantitative estimate of drug-likeness (QED) is 0.411. The Morgan fingerprint density at radius 3 is 2.50 bits per heavy atom. The predicted molar refractivity (Wildman–Crippen MR) is 25.1 cm³/mol. The fraction of sp³-hybridized carbons (Fsp3) is 0.200. The van der Waals surface area contributed by atoms with Gasteiger partial charge in [-0.25, -0.2) is 0 Å². The highest BCUT2D eigenvalue weighted by atomic mass is 14.8. The van der Waals surface area contributed by atoms with E-state index in [1.807, 2.05) is 6.08 Å². The van der Waals surface area contributed by atoms with Crippen LogP contribution in [0, 0.1) is 0 Å². The summed E-state index contributed by atoms with van der Waals surface area (Å²) in [5.74, 6) is 0. The summed E-state index contributed by atoms with van der Waals surface area (Å²) in [7, 11) is 0.